The van der Waals surface area contributed by atoms with Crippen molar-refractivity contribution in [2.75, 3.05) is 0 Å². The Labute approximate surface area is 171 Å². The van der Waals surface area contributed by atoms with E-state index in [1.165, 1.54) is 0 Å². The summed E-state index contributed by atoms with van der Waals surface area (Å²) in [6, 6.07) is 13.1. The van der Waals surface area contributed by atoms with Crippen molar-refractivity contribution in [3.8, 4) is 5.69 Å². The summed E-state index contributed by atoms with van der Waals surface area (Å²) in [5, 5.41) is 1.45. The maximum Gasteiger partial charge on any atom is 0.265 e. The molecule has 5 aromatic rings. The Kier molecular flexibility index (Phi) is 4.13. The van der Waals surface area contributed by atoms with Gasteiger partial charge in [-0.2, -0.15) is 0 Å². The molecule has 5 rings (SSSR count). The van der Waals surface area contributed by atoms with Gasteiger partial charge in [0.05, 0.1) is 29.1 Å². The van der Waals surface area contributed by atoms with Crippen molar-refractivity contribution in [2.45, 2.75) is 20.4 Å². The average Bonchev–Trinajstić information content (AvgIpc) is 3.25. The summed E-state index contributed by atoms with van der Waals surface area (Å²) >= 11 is 0. The van der Waals surface area contributed by atoms with E-state index in [9.17, 15) is 9.59 Å². The number of aromatic nitrogens is 3. The summed E-state index contributed by atoms with van der Waals surface area (Å²) < 4.78 is 8.50. The molecular formula is C24H19N3O3. The van der Waals surface area contributed by atoms with Crippen molar-refractivity contribution in [3.05, 3.63) is 105 Å². The van der Waals surface area contributed by atoms with Crippen molar-refractivity contribution in [1.29, 1.82) is 0 Å². The molecule has 0 spiro atoms. The molecule has 0 saturated heterocycles. The Morgan fingerprint density at radius 1 is 0.933 bits per heavy atom. The lowest BCUT2D eigenvalue weighted by Gasteiger charge is -2.11. The first-order valence-corrected chi connectivity index (χ1v) is 9.66. The van der Waals surface area contributed by atoms with Crippen LogP contribution in [-0.4, -0.2) is 14.1 Å². The number of aryl methyl sites for hydroxylation is 2. The highest BCUT2D eigenvalue weighted by Crippen LogP contribution is 2.20. The summed E-state index contributed by atoms with van der Waals surface area (Å²) in [5.41, 5.74) is 3.22. The number of rotatable bonds is 3. The zero-order valence-corrected chi connectivity index (χ0v) is 16.6. The second-order valence-corrected chi connectivity index (χ2v) is 7.43. The third kappa shape index (κ3) is 2.85. The number of furan rings is 1. The summed E-state index contributed by atoms with van der Waals surface area (Å²) in [6.07, 6.45) is 6.54. The number of hydrogen-bond acceptors (Lipinski definition) is 4. The summed E-state index contributed by atoms with van der Waals surface area (Å²) in [6.45, 7) is 4.37. The van der Waals surface area contributed by atoms with Crippen LogP contribution in [0.1, 0.15) is 16.9 Å². The number of fused-ring (bicyclic) bond motifs is 3. The van der Waals surface area contributed by atoms with E-state index in [1.54, 1.807) is 52.2 Å². The fraction of sp³-hybridized carbons (Fsp3) is 0.125. The third-order valence-corrected chi connectivity index (χ3v) is 5.55. The quantitative estimate of drug-likeness (QED) is 0.432. The topological polar surface area (TPSA) is 70.0 Å². The van der Waals surface area contributed by atoms with E-state index in [1.807, 2.05) is 38.1 Å². The smallest absolute Gasteiger partial charge is 0.265 e. The minimum absolute atomic E-state index is 0.197. The van der Waals surface area contributed by atoms with Gasteiger partial charge in [0.15, 0.2) is 0 Å². The van der Waals surface area contributed by atoms with Crippen LogP contribution in [0.4, 0.5) is 0 Å². The lowest BCUT2D eigenvalue weighted by molar-refractivity contribution is 0.490. The predicted molar refractivity (Wildman–Crippen MR) is 116 cm³/mol. The first-order valence-electron chi connectivity index (χ1n) is 9.66. The fourth-order valence-corrected chi connectivity index (χ4v) is 3.73. The zero-order chi connectivity index (χ0) is 20.8. The molecular weight excluding hydrogens is 378 g/mol. The van der Waals surface area contributed by atoms with Crippen LogP contribution in [0.3, 0.4) is 0 Å². The Morgan fingerprint density at radius 3 is 2.57 bits per heavy atom. The van der Waals surface area contributed by atoms with Gasteiger partial charge in [-0.1, -0.05) is 6.07 Å². The normalized spacial score (nSPS) is 11.4. The maximum absolute atomic E-state index is 13.4. The van der Waals surface area contributed by atoms with Gasteiger partial charge < -0.3 is 8.98 Å². The molecule has 4 heterocycles. The van der Waals surface area contributed by atoms with Crippen LogP contribution in [-0.2, 0) is 6.54 Å². The summed E-state index contributed by atoms with van der Waals surface area (Å²) in [7, 11) is 0. The van der Waals surface area contributed by atoms with Crippen LogP contribution in [0.2, 0.25) is 0 Å². The van der Waals surface area contributed by atoms with E-state index in [4.69, 9.17) is 4.42 Å². The lowest BCUT2D eigenvalue weighted by Crippen LogP contribution is -2.22. The third-order valence-electron chi connectivity index (χ3n) is 5.55. The molecule has 4 aromatic heterocycles. The Balaban J connectivity index is 1.74. The highest BCUT2D eigenvalue weighted by Gasteiger charge is 2.13. The SMILES string of the molecule is Cc1ccc(-n2ccc3ncc4c(=O)n(Cc5ccco5)ccc4c3c2=O)cc1C. The van der Waals surface area contributed by atoms with Gasteiger partial charge in [-0.3, -0.25) is 19.1 Å². The van der Waals surface area contributed by atoms with E-state index >= 15 is 0 Å². The second kappa shape index (κ2) is 6.84. The van der Waals surface area contributed by atoms with Crippen molar-refractivity contribution in [2.24, 2.45) is 0 Å². The number of hydrogen-bond donors (Lipinski definition) is 0. The molecule has 0 N–H and O–H groups in total. The van der Waals surface area contributed by atoms with Crippen LogP contribution >= 0.6 is 0 Å². The molecule has 0 fully saturated rings. The van der Waals surface area contributed by atoms with Crippen LogP contribution in [0, 0.1) is 13.8 Å². The van der Waals surface area contributed by atoms with E-state index < -0.39 is 0 Å². The van der Waals surface area contributed by atoms with Crippen LogP contribution < -0.4 is 11.1 Å². The molecule has 0 saturated carbocycles. The van der Waals surface area contributed by atoms with Gasteiger partial charge >= 0.3 is 0 Å². The van der Waals surface area contributed by atoms with E-state index in [-0.39, 0.29) is 11.1 Å². The molecule has 0 aliphatic heterocycles. The van der Waals surface area contributed by atoms with Crippen molar-refractivity contribution < 1.29 is 4.42 Å². The number of pyridine rings is 3. The number of benzene rings is 1. The van der Waals surface area contributed by atoms with Crippen LogP contribution in [0.5, 0.6) is 0 Å². The Morgan fingerprint density at radius 2 is 1.80 bits per heavy atom. The molecule has 0 amide bonds. The van der Waals surface area contributed by atoms with Gasteiger partial charge in [-0.05, 0) is 61.4 Å². The minimum atomic E-state index is -0.209. The molecule has 1 aromatic carbocycles. The van der Waals surface area contributed by atoms with Gasteiger partial charge in [-0.25, -0.2) is 0 Å². The van der Waals surface area contributed by atoms with Gasteiger partial charge in [0, 0.05) is 29.7 Å². The molecule has 0 aliphatic rings. The maximum atomic E-state index is 13.4. The van der Waals surface area contributed by atoms with Crippen LogP contribution in [0.15, 0.2) is 81.3 Å². The molecule has 30 heavy (non-hydrogen) atoms. The fourth-order valence-electron chi connectivity index (χ4n) is 3.73. The van der Waals surface area contributed by atoms with E-state index in [2.05, 4.69) is 4.98 Å². The summed E-state index contributed by atoms with van der Waals surface area (Å²) in [5.74, 6) is 0.683. The monoisotopic (exact) mass is 397 g/mol. The summed E-state index contributed by atoms with van der Waals surface area (Å²) in [4.78, 5) is 30.8. The molecule has 6 nitrogen and oxygen atoms in total. The van der Waals surface area contributed by atoms with Crippen LogP contribution in [0.25, 0.3) is 27.4 Å². The standard InChI is InChI=1S/C24H19N3O3/c1-15-5-6-17(12-16(15)2)27-10-8-21-22(24(27)29)19-7-9-26(14-18-4-3-11-30-18)23(28)20(19)13-25-21/h3-13H,14H2,1-2H3. The number of nitrogens with zero attached hydrogens (tertiary/aromatic N) is 3. The van der Waals surface area contributed by atoms with E-state index in [0.29, 0.717) is 34.0 Å². The molecule has 6 heteroatoms. The molecule has 0 radical (unpaired) electrons. The highest BCUT2D eigenvalue weighted by molar-refractivity contribution is 6.04. The molecule has 0 aliphatic carbocycles. The lowest BCUT2D eigenvalue weighted by atomic mass is 10.1. The first kappa shape index (κ1) is 18.1. The second-order valence-electron chi connectivity index (χ2n) is 7.43. The molecule has 0 atom stereocenters. The first-order chi connectivity index (χ1) is 14.5. The van der Waals surface area contributed by atoms with Gasteiger partial charge in [0.25, 0.3) is 11.1 Å². The molecule has 0 bridgehead atoms. The van der Waals surface area contributed by atoms with Crippen molar-refractivity contribution >= 4 is 21.7 Å². The Bertz CT molecular complexity index is 1530. The highest BCUT2D eigenvalue weighted by atomic mass is 16.3. The van der Waals surface area contributed by atoms with Gasteiger partial charge in [0.1, 0.15) is 5.76 Å². The van der Waals surface area contributed by atoms with Crippen molar-refractivity contribution in [3.63, 3.8) is 0 Å². The van der Waals surface area contributed by atoms with Gasteiger partial charge in [-0.15, -0.1) is 0 Å². The molecule has 148 valence electrons. The predicted octanol–water partition coefficient (Wildman–Crippen LogP) is 3.96. The minimum Gasteiger partial charge on any atom is -0.467 e. The van der Waals surface area contributed by atoms with Crippen molar-refractivity contribution in [1.82, 2.24) is 14.1 Å². The molecule has 0 unspecified atom stereocenters. The largest absolute Gasteiger partial charge is 0.467 e. The zero-order valence-electron chi connectivity index (χ0n) is 16.6. The van der Waals surface area contributed by atoms with E-state index in [0.717, 1.165) is 16.8 Å². The van der Waals surface area contributed by atoms with Gasteiger partial charge in [0.2, 0.25) is 0 Å². The average molecular weight is 397 g/mol. The Hall–Kier alpha value is -3.93.